The Morgan fingerprint density at radius 1 is 1.25 bits per heavy atom. The molecule has 0 aliphatic carbocycles. The molecule has 4 heteroatoms. The molecule has 0 aromatic carbocycles. The Morgan fingerprint density at radius 2 is 1.25 bits per heavy atom. The van der Waals surface area contributed by atoms with Crippen LogP contribution in [0, 0.1) is 0 Å². The Bertz CT molecular complexity index is 6.00. The molecule has 0 aromatic rings. The number of hydrogen-bond acceptors (Lipinski definition) is 0. The second kappa shape index (κ2) is 8.83. The van der Waals surface area contributed by atoms with Crippen molar-refractivity contribution in [3.8, 4) is 0 Å². The molecular formula is H2Cl2HfO. The monoisotopic (exact) mass is 268 g/mol. The predicted octanol–water partition coefficient (Wildman–Crippen LogP) is 0.552. The van der Waals surface area contributed by atoms with Crippen molar-refractivity contribution in [2.75, 3.05) is 0 Å². The molecule has 1 nitrogen and oxygen atoms in total. The van der Waals surface area contributed by atoms with Crippen molar-refractivity contribution in [1.29, 1.82) is 0 Å². The fraction of sp³-hybridized carbons (Fsp3) is 0. The first-order valence-electron chi connectivity index (χ1n) is 0.378. The normalized spacial score (nSPS) is 3.50. The van der Waals surface area contributed by atoms with E-state index in [-0.39, 0.29) is 5.48 Å². The van der Waals surface area contributed by atoms with Gasteiger partial charge in [0.1, 0.15) is 0 Å². The molecule has 0 radical (unpaired) electrons. The molecule has 2 N–H and O–H groups in total. The molecule has 0 rings (SSSR count). The Kier molecular flexibility index (Phi) is 20.0. The standard InChI is InChI=1S/2ClH.Hf.H2O/h2*1H;;1H2/q;;+2;/p-2. The van der Waals surface area contributed by atoms with Crippen molar-refractivity contribution < 1.29 is 26.0 Å². The van der Waals surface area contributed by atoms with Gasteiger partial charge in [0.15, 0.2) is 0 Å². The summed E-state index contributed by atoms with van der Waals surface area (Å²) in [6.45, 7) is 0. The van der Waals surface area contributed by atoms with Crippen molar-refractivity contribution in [2.24, 2.45) is 0 Å². The summed E-state index contributed by atoms with van der Waals surface area (Å²) in [6, 6.07) is 0. The van der Waals surface area contributed by atoms with Crippen molar-refractivity contribution >= 4 is 17.2 Å². The molecule has 0 aromatic heterocycles. The van der Waals surface area contributed by atoms with E-state index in [9.17, 15) is 0 Å². The number of halogens is 2. The fourth-order valence-corrected chi connectivity index (χ4v) is 0. The fourth-order valence-electron chi connectivity index (χ4n) is 0. The third-order valence-electron chi connectivity index (χ3n) is 0. The summed E-state index contributed by atoms with van der Waals surface area (Å²) in [6.07, 6.45) is 0. The average molecular weight is 267 g/mol. The van der Waals surface area contributed by atoms with Crippen molar-refractivity contribution in [2.45, 2.75) is 0 Å². The van der Waals surface area contributed by atoms with Crippen LogP contribution in [0.15, 0.2) is 0 Å². The van der Waals surface area contributed by atoms with Gasteiger partial charge in [0.2, 0.25) is 0 Å². The van der Waals surface area contributed by atoms with E-state index in [4.69, 9.17) is 17.2 Å². The van der Waals surface area contributed by atoms with Gasteiger partial charge in [-0.2, -0.15) is 0 Å². The third-order valence-corrected chi connectivity index (χ3v) is 0. The summed E-state index contributed by atoms with van der Waals surface area (Å²) in [4.78, 5) is 0. The summed E-state index contributed by atoms with van der Waals surface area (Å²) < 4.78 is 0. The van der Waals surface area contributed by atoms with Gasteiger partial charge in [0.25, 0.3) is 0 Å². The molecule has 0 aliphatic heterocycles. The van der Waals surface area contributed by atoms with Crippen LogP contribution in [-0.2, 0) is 20.5 Å². The van der Waals surface area contributed by atoms with Crippen LogP contribution in [0.3, 0.4) is 0 Å². The maximum absolute atomic E-state index is 4.96. The molecular weight excluding hydrogens is 265 g/mol. The summed E-state index contributed by atoms with van der Waals surface area (Å²) in [5, 5.41) is 0. The molecule has 0 spiro atoms. The van der Waals surface area contributed by atoms with E-state index in [1.807, 2.05) is 0 Å². The third kappa shape index (κ3) is 9.96. The van der Waals surface area contributed by atoms with Crippen LogP contribution in [0.1, 0.15) is 0 Å². The van der Waals surface area contributed by atoms with Crippen LogP contribution in [0.25, 0.3) is 0 Å². The average Bonchev–Trinajstić information content (AvgIpc) is 0.918. The van der Waals surface area contributed by atoms with Crippen LogP contribution in [0.5, 0.6) is 0 Å². The van der Waals surface area contributed by atoms with Gasteiger partial charge in [0.05, 0.1) is 0 Å². The van der Waals surface area contributed by atoms with Gasteiger partial charge in [-0.25, -0.2) is 0 Å². The Morgan fingerprint density at radius 3 is 1.25 bits per heavy atom. The number of hydrogen-bond donors (Lipinski definition) is 0. The van der Waals surface area contributed by atoms with Crippen molar-refractivity contribution in [3.05, 3.63) is 0 Å². The van der Waals surface area contributed by atoms with E-state index >= 15 is 0 Å². The zero-order valence-corrected chi connectivity index (χ0v) is 6.86. The van der Waals surface area contributed by atoms with E-state index in [0.29, 0.717) is 0 Å². The Balaban J connectivity index is 0. The topological polar surface area (TPSA) is 31.5 Å². The molecule has 0 saturated heterocycles. The van der Waals surface area contributed by atoms with Crippen LogP contribution in [0.4, 0.5) is 0 Å². The molecule has 0 atom stereocenters. The minimum atomic E-state index is -0.972. The molecule has 0 heterocycles. The SMILES string of the molecule is O.[Cl][Hf][Cl]. The Labute approximate surface area is 43.1 Å². The van der Waals surface area contributed by atoms with Gasteiger partial charge >= 0.3 is 37.7 Å². The van der Waals surface area contributed by atoms with Crippen LogP contribution in [0.2, 0.25) is 0 Å². The van der Waals surface area contributed by atoms with Crippen molar-refractivity contribution in [3.63, 3.8) is 0 Å². The van der Waals surface area contributed by atoms with Gasteiger partial charge in [-0.15, -0.1) is 0 Å². The van der Waals surface area contributed by atoms with Crippen LogP contribution < -0.4 is 0 Å². The van der Waals surface area contributed by atoms with E-state index < -0.39 is 20.5 Å². The first kappa shape index (κ1) is 9.05. The predicted molar refractivity (Wildman–Crippen MR) is 15.3 cm³/mol. The van der Waals surface area contributed by atoms with E-state index in [1.165, 1.54) is 0 Å². The molecule has 0 aliphatic rings. The Hall–Kier alpha value is 1.41. The molecule has 0 fully saturated rings. The summed E-state index contributed by atoms with van der Waals surface area (Å²) in [7, 11) is 9.92. The summed E-state index contributed by atoms with van der Waals surface area (Å²) >= 11 is -0.972. The molecule has 0 saturated carbocycles. The molecule has 26 valence electrons. The summed E-state index contributed by atoms with van der Waals surface area (Å²) in [5.41, 5.74) is 0. The molecule has 0 bridgehead atoms. The molecule has 0 unspecified atom stereocenters. The minimum absolute atomic E-state index is 0. The van der Waals surface area contributed by atoms with Gasteiger partial charge < -0.3 is 5.48 Å². The molecule has 0 amide bonds. The quantitative estimate of drug-likeness (QED) is 0.574. The second-order valence-electron chi connectivity index (χ2n) is 0.0714. The zero-order chi connectivity index (χ0) is 2.71. The van der Waals surface area contributed by atoms with Gasteiger partial charge in [-0.05, 0) is 0 Å². The zero-order valence-electron chi connectivity index (χ0n) is 1.76. The van der Waals surface area contributed by atoms with E-state index in [2.05, 4.69) is 0 Å². The van der Waals surface area contributed by atoms with Crippen LogP contribution >= 0.6 is 17.2 Å². The van der Waals surface area contributed by atoms with Crippen LogP contribution in [-0.4, -0.2) is 5.48 Å². The first-order valence-corrected chi connectivity index (χ1v) is 9.28. The van der Waals surface area contributed by atoms with Gasteiger partial charge in [-0.3, -0.25) is 0 Å². The second-order valence-corrected chi connectivity index (χ2v) is 5.26. The van der Waals surface area contributed by atoms with Gasteiger partial charge in [0, 0.05) is 0 Å². The summed E-state index contributed by atoms with van der Waals surface area (Å²) in [5.74, 6) is 0. The number of rotatable bonds is 0. The van der Waals surface area contributed by atoms with E-state index in [0.717, 1.165) is 0 Å². The molecule has 4 heavy (non-hydrogen) atoms. The maximum atomic E-state index is 4.96. The van der Waals surface area contributed by atoms with E-state index in [1.54, 1.807) is 0 Å². The van der Waals surface area contributed by atoms with Crippen molar-refractivity contribution in [1.82, 2.24) is 0 Å². The van der Waals surface area contributed by atoms with Gasteiger partial charge in [-0.1, -0.05) is 0 Å². The first-order chi connectivity index (χ1) is 1.41.